The maximum Gasteiger partial charge on any atom is 0.419 e. The highest BCUT2D eigenvalue weighted by atomic mass is 19.4. The summed E-state index contributed by atoms with van der Waals surface area (Å²) in [6.07, 6.45) is -8.81. The number of rotatable bonds is 7. The van der Waals surface area contributed by atoms with E-state index in [1.807, 2.05) is 0 Å². The average Bonchev–Trinajstić information content (AvgIpc) is 3.83. The zero-order chi connectivity index (χ0) is 47.0. The monoisotopic (exact) mass is 937 g/mol. The lowest BCUT2D eigenvalue weighted by Crippen LogP contribution is -2.58. The number of amides is 4. The molecule has 12 nitrogen and oxygen atoms in total. The second kappa shape index (κ2) is 17.2. The number of aromatic nitrogens is 4. The Morgan fingerprint density at radius 3 is 1.97 bits per heavy atom. The zero-order valence-electron chi connectivity index (χ0n) is 35.6. The van der Waals surface area contributed by atoms with Gasteiger partial charge in [0.1, 0.15) is 17.8 Å². The molecule has 0 radical (unpaired) electrons. The number of aromatic amines is 2. The summed E-state index contributed by atoms with van der Waals surface area (Å²) in [5.41, 5.74) is -1.72. The Balaban J connectivity index is 0.923. The SMILES string of the molecule is CN(C(=O)N1CCc2c(C(=O)N3CCC(c4cc(F)cc(F)c4C(F)(F)F)CC3)n[nH]c2C1)C1CC(c2ccc(F)c(F)c2C(F)(F)F)CCN1C(=O)c1n[nH]c2c1CCN(CC1CC1)C2. The summed E-state index contributed by atoms with van der Waals surface area (Å²) in [5.74, 6) is -8.91. The number of H-pyrrole nitrogens is 2. The van der Waals surface area contributed by atoms with Crippen LogP contribution in [0.3, 0.4) is 0 Å². The van der Waals surface area contributed by atoms with E-state index in [1.54, 1.807) is 0 Å². The number of piperidine rings is 2. The van der Waals surface area contributed by atoms with Crippen molar-refractivity contribution in [3.8, 4) is 0 Å². The Hall–Kier alpha value is -5.67. The largest absolute Gasteiger partial charge is 0.419 e. The topological polar surface area (TPSA) is 125 Å². The standard InChI is InChI=1S/C44H45F10N9O3/c1-59(42(66)62-14-10-28-33(21-62)56-57-38(28)40(64)61-12-6-23(7-13-61)29-17-25(45)18-31(47)35(29)43(49,50)51)34-16-24(26-4-5-30(46)37(48)36(26)44(52,53)54)8-15-63(34)41(65)39-27-9-11-60(19-22-2-3-22)20-32(27)55-58-39/h4-5,17-18,22-24,34H,2-3,6-16,19-21H2,1H3,(H,55,58)(H,56,57). The summed E-state index contributed by atoms with van der Waals surface area (Å²) < 4.78 is 142. The second-order valence-electron chi connectivity index (χ2n) is 18.0. The molecule has 4 aromatic rings. The molecule has 2 aromatic heterocycles. The molecular formula is C44H45F10N9O3. The van der Waals surface area contributed by atoms with Gasteiger partial charge < -0.3 is 19.6 Å². The second-order valence-corrected chi connectivity index (χ2v) is 18.0. The highest BCUT2D eigenvalue weighted by Gasteiger charge is 2.46. The van der Waals surface area contributed by atoms with Gasteiger partial charge in [-0.1, -0.05) is 6.07 Å². The fourth-order valence-corrected chi connectivity index (χ4v) is 10.3. The van der Waals surface area contributed by atoms with E-state index in [0.717, 1.165) is 23.9 Å². The summed E-state index contributed by atoms with van der Waals surface area (Å²) in [6, 6.07) is 1.76. The number of likely N-dealkylation sites (tertiary alicyclic amines) is 2. The molecule has 4 amide bonds. The fraction of sp³-hybridized carbons (Fsp3) is 0.523. The van der Waals surface area contributed by atoms with E-state index in [9.17, 15) is 58.3 Å². The smallest absolute Gasteiger partial charge is 0.337 e. The highest BCUT2D eigenvalue weighted by molar-refractivity contribution is 5.95. The number of nitrogens with zero attached hydrogens (tertiary/aromatic N) is 7. The molecule has 66 heavy (non-hydrogen) atoms. The van der Waals surface area contributed by atoms with Crippen molar-refractivity contribution in [2.24, 2.45) is 5.92 Å². The predicted octanol–water partition coefficient (Wildman–Crippen LogP) is 7.97. The number of nitrogens with one attached hydrogen (secondary N) is 2. The number of fused-ring (bicyclic) bond motifs is 2. The number of hydrogen-bond acceptors (Lipinski definition) is 6. The highest BCUT2D eigenvalue weighted by Crippen LogP contribution is 2.44. The number of halogens is 10. The van der Waals surface area contributed by atoms with Gasteiger partial charge in [-0.05, 0) is 92.4 Å². The van der Waals surface area contributed by atoms with Crippen LogP contribution in [0.5, 0.6) is 0 Å². The van der Waals surface area contributed by atoms with Crippen molar-refractivity contribution in [3.63, 3.8) is 0 Å². The van der Waals surface area contributed by atoms with Gasteiger partial charge >= 0.3 is 18.4 Å². The third-order valence-corrected chi connectivity index (χ3v) is 13.9. The number of carbonyl (C=O) groups excluding carboxylic acids is 3. The van der Waals surface area contributed by atoms with Crippen LogP contribution in [0.1, 0.15) is 116 Å². The molecule has 22 heteroatoms. The van der Waals surface area contributed by atoms with E-state index in [1.165, 1.54) is 39.5 Å². The summed E-state index contributed by atoms with van der Waals surface area (Å²) in [7, 11) is 1.40. The van der Waals surface area contributed by atoms with Gasteiger partial charge in [-0.2, -0.15) is 36.5 Å². The van der Waals surface area contributed by atoms with Crippen molar-refractivity contribution in [2.45, 2.75) is 94.8 Å². The molecule has 354 valence electrons. The minimum absolute atomic E-state index is 0.00426. The Bertz CT molecular complexity index is 2550. The molecule has 9 rings (SSSR count). The molecule has 1 saturated carbocycles. The first-order chi connectivity index (χ1) is 31.3. The van der Waals surface area contributed by atoms with Crippen molar-refractivity contribution in [2.75, 3.05) is 46.3 Å². The summed E-state index contributed by atoms with van der Waals surface area (Å²) in [6.45, 7) is 1.94. The van der Waals surface area contributed by atoms with E-state index in [4.69, 9.17) is 0 Å². The maximum absolute atomic E-state index is 14.9. The third kappa shape index (κ3) is 8.60. The van der Waals surface area contributed by atoms with Crippen molar-refractivity contribution >= 4 is 17.8 Å². The lowest BCUT2D eigenvalue weighted by molar-refractivity contribution is -0.142. The van der Waals surface area contributed by atoms with Crippen LogP contribution in [0, 0.1) is 29.2 Å². The summed E-state index contributed by atoms with van der Waals surface area (Å²) in [4.78, 5) is 50.4. The normalized spacial score (nSPS) is 20.9. The molecule has 6 heterocycles. The van der Waals surface area contributed by atoms with Crippen molar-refractivity contribution in [1.82, 2.24) is 44.9 Å². The molecule has 2 N–H and O–H groups in total. The number of hydrogen-bond donors (Lipinski definition) is 2. The molecule has 0 spiro atoms. The van der Waals surface area contributed by atoms with Crippen molar-refractivity contribution in [3.05, 3.63) is 104 Å². The lowest BCUT2D eigenvalue weighted by atomic mass is 9.84. The Kier molecular flexibility index (Phi) is 11.9. The van der Waals surface area contributed by atoms with Gasteiger partial charge in [0.05, 0.1) is 29.1 Å². The lowest BCUT2D eigenvalue weighted by Gasteiger charge is -2.45. The molecule has 0 bridgehead atoms. The van der Waals surface area contributed by atoms with E-state index < -0.39 is 93.7 Å². The maximum atomic E-state index is 14.9. The van der Waals surface area contributed by atoms with Gasteiger partial charge in [0.15, 0.2) is 23.0 Å². The van der Waals surface area contributed by atoms with E-state index >= 15 is 0 Å². The molecule has 2 atom stereocenters. The van der Waals surface area contributed by atoms with Gasteiger partial charge in [0, 0.05) is 70.1 Å². The third-order valence-electron chi connectivity index (χ3n) is 13.9. The number of carbonyl (C=O) groups is 3. The molecule has 4 aliphatic heterocycles. The van der Waals surface area contributed by atoms with Crippen LogP contribution in [-0.2, 0) is 38.3 Å². The first-order valence-electron chi connectivity index (χ1n) is 21.9. The van der Waals surface area contributed by atoms with Gasteiger partial charge in [0.25, 0.3) is 11.8 Å². The van der Waals surface area contributed by atoms with E-state index in [0.29, 0.717) is 48.8 Å². The zero-order valence-corrected chi connectivity index (χ0v) is 35.6. The van der Waals surface area contributed by atoms with Crippen molar-refractivity contribution in [1.29, 1.82) is 0 Å². The quantitative estimate of drug-likeness (QED) is 0.181. The minimum Gasteiger partial charge on any atom is -0.337 e. The molecule has 3 fully saturated rings. The molecule has 1 aliphatic carbocycles. The van der Waals surface area contributed by atoms with Crippen LogP contribution < -0.4 is 0 Å². The Morgan fingerprint density at radius 2 is 1.32 bits per heavy atom. The van der Waals surface area contributed by atoms with E-state index in [2.05, 4.69) is 25.3 Å². The first-order valence-corrected chi connectivity index (χ1v) is 21.9. The molecular weight excluding hydrogens is 893 g/mol. The predicted molar refractivity (Wildman–Crippen MR) is 214 cm³/mol. The molecule has 5 aliphatic rings. The minimum atomic E-state index is -5.25. The molecule has 2 unspecified atom stereocenters. The number of benzene rings is 2. The van der Waals surface area contributed by atoms with Gasteiger partial charge in [-0.15, -0.1) is 0 Å². The van der Waals surface area contributed by atoms with Crippen LogP contribution in [0.25, 0.3) is 0 Å². The Morgan fingerprint density at radius 1 is 0.697 bits per heavy atom. The fourth-order valence-electron chi connectivity index (χ4n) is 10.3. The first kappa shape index (κ1) is 45.5. The van der Waals surface area contributed by atoms with Gasteiger partial charge in [0.2, 0.25) is 0 Å². The summed E-state index contributed by atoms with van der Waals surface area (Å²) >= 11 is 0. The van der Waals surface area contributed by atoms with Gasteiger partial charge in [-0.3, -0.25) is 24.7 Å². The van der Waals surface area contributed by atoms with E-state index in [-0.39, 0.29) is 82.3 Å². The van der Waals surface area contributed by atoms with Crippen molar-refractivity contribution < 1.29 is 58.3 Å². The van der Waals surface area contributed by atoms with Crippen LogP contribution >= 0.6 is 0 Å². The number of urea groups is 1. The average molecular weight is 938 g/mol. The van der Waals surface area contributed by atoms with Gasteiger partial charge in [-0.25, -0.2) is 22.4 Å². The van der Waals surface area contributed by atoms with Crippen LogP contribution in [-0.4, -0.2) is 115 Å². The van der Waals surface area contributed by atoms with Crippen LogP contribution in [0.4, 0.5) is 48.7 Å². The van der Waals surface area contributed by atoms with Crippen LogP contribution in [0.2, 0.25) is 0 Å². The molecule has 2 aromatic carbocycles. The molecule has 2 saturated heterocycles. The Labute approximate surface area is 371 Å². The van der Waals surface area contributed by atoms with Crippen LogP contribution in [0.15, 0.2) is 24.3 Å². The number of alkyl halides is 6. The summed E-state index contributed by atoms with van der Waals surface area (Å²) in [5, 5.41) is 14.4.